The van der Waals surface area contributed by atoms with Crippen LogP contribution in [0.15, 0.2) is 57.9 Å². The summed E-state index contributed by atoms with van der Waals surface area (Å²) in [6, 6.07) is 10.8. The summed E-state index contributed by atoms with van der Waals surface area (Å²) in [5.41, 5.74) is 2.09. The lowest BCUT2D eigenvalue weighted by molar-refractivity contribution is -0.384. The van der Waals surface area contributed by atoms with Gasteiger partial charge in [-0.3, -0.25) is 20.3 Å². The summed E-state index contributed by atoms with van der Waals surface area (Å²) in [4.78, 5) is 23.6. The number of halogens is 1. The first-order chi connectivity index (χ1) is 10.8. The Morgan fingerprint density at radius 3 is 2.26 bits per heavy atom. The number of benzene rings is 2. The van der Waals surface area contributed by atoms with Gasteiger partial charge in [0, 0.05) is 16.6 Å². The van der Waals surface area contributed by atoms with E-state index in [1.54, 1.807) is 18.2 Å². The zero-order chi connectivity index (χ0) is 17.0. The Bertz CT molecular complexity index is 852. The molecule has 2 N–H and O–H groups in total. The van der Waals surface area contributed by atoms with Gasteiger partial charge in [0.2, 0.25) is 0 Å². The van der Waals surface area contributed by atoms with Crippen LogP contribution < -0.4 is 10.3 Å². The number of carbonyl (C=O) groups is 1. The average Bonchev–Trinajstić information content (AvgIpc) is 2.53. The van der Waals surface area contributed by atoms with Crippen molar-refractivity contribution in [2.24, 2.45) is 0 Å². The Morgan fingerprint density at radius 2 is 1.70 bits per heavy atom. The quantitative estimate of drug-likeness (QED) is 0.588. The maximum absolute atomic E-state index is 12.0. The zero-order valence-electron chi connectivity index (χ0n) is 11.4. The van der Waals surface area contributed by atoms with Crippen LogP contribution in [0.5, 0.6) is 0 Å². The molecule has 0 aliphatic carbocycles. The molecular weight excluding hydrogens is 390 g/mol. The van der Waals surface area contributed by atoms with Crippen LogP contribution in [-0.4, -0.2) is 19.2 Å². The monoisotopic (exact) mass is 399 g/mol. The fourth-order valence-corrected chi connectivity index (χ4v) is 2.94. The van der Waals surface area contributed by atoms with Gasteiger partial charge in [0.05, 0.1) is 15.4 Å². The number of sulfonamides is 1. The Kier molecular flexibility index (Phi) is 5.08. The number of nitro groups is 1. The summed E-state index contributed by atoms with van der Waals surface area (Å²) in [6.07, 6.45) is 0. The van der Waals surface area contributed by atoms with Crippen LogP contribution in [0.1, 0.15) is 10.4 Å². The third-order valence-electron chi connectivity index (χ3n) is 2.78. The lowest BCUT2D eigenvalue weighted by atomic mass is 10.2. The molecule has 2 aromatic carbocycles. The number of nitrogens with one attached hydrogen (secondary N) is 2. The number of non-ortho nitro benzene ring substituents is 1. The number of rotatable bonds is 5. The van der Waals surface area contributed by atoms with Gasteiger partial charge in [-0.15, -0.1) is 4.83 Å². The van der Waals surface area contributed by atoms with E-state index < -0.39 is 20.9 Å². The minimum absolute atomic E-state index is 0.212. The van der Waals surface area contributed by atoms with E-state index in [4.69, 9.17) is 0 Å². The second kappa shape index (κ2) is 6.86. The molecule has 2 aromatic rings. The van der Waals surface area contributed by atoms with Crippen LogP contribution in [-0.2, 0) is 10.0 Å². The lowest BCUT2D eigenvalue weighted by Crippen LogP contribution is -2.41. The minimum atomic E-state index is -4.04. The maximum Gasteiger partial charge on any atom is 0.269 e. The van der Waals surface area contributed by atoms with E-state index in [0.29, 0.717) is 4.47 Å². The SMILES string of the molecule is O=C(NNS(=O)(=O)c1ccc([N+](=O)[O-])cc1)c1ccccc1Br. The highest BCUT2D eigenvalue weighted by Crippen LogP contribution is 2.16. The molecule has 0 radical (unpaired) electrons. The van der Waals surface area contributed by atoms with Crippen molar-refractivity contribution < 1.29 is 18.1 Å². The van der Waals surface area contributed by atoms with Gasteiger partial charge in [0.15, 0.2) is 0 Å². The first-order valence-corrected chi connectivity index (χ1v) is 8.40. The minimum Gasteiger partial charge on any atom is -0.273 e. The number of hydrogen-bond acceptors (Lipinski definition) is 5. The third-order valence-corrected chi connectivity index (χ3v) is 4.73. The Hall–Kier alpha value is -2.30. The van der Waals surface area contributed by atoms with E-state index in [2.05, 4.69) is 21.4 Å². The highest BCUT2D eigenvalue weighted by molar-refractivity contribution is 9.10. The van der Waals surface area contributed by atoms with Gasteiger partial charge in [-0.05, 0) is 40.2 Å². The molecule has 23 heavy (non-hydrogen) atoms. The molecule has 0 saturated heterocycles. The molecule has 0 aliphatic rings. The van der Waals surface area contributed by atoms with Crippen molar-refractivity contribution in [3.05, 3.63) is 68.7 Å². The summed E-state index contributed by atoms with van der Waals surface area (Å²) in [7, 11) is -4.04. The molecule has 0 fully saturated rings. The Labute approximate surface area is 139 Å². The molecule has 8 nitrogen and oxygen atoms in total. The average molecular weight is 400 g/mol. The Morgan fingerprint density at radius 1 is 1.09 bits per heavy atom. The Balaban J connectivity index is 2.11. The number of nitro benzene ring substituents is 1. The second-order valence-electron chi connectivity index (χ2n) is 4.29. The zero-order valence-corrected chi connectivity index (χ0v) is 13.8. The number of hydrogen-bond donors (Lipinski definition) is 2. The van der Waals surface area contributed by atoms with Gasteiger partial charge in [-0.2, -0.15) is 0 Å². The van der Waals surface area contributed by atoms with Gasteiger partial charge < -0.3 is 0 Å². The van der Waals surface area contributed by atoms with Gasteiger partial charge in [-0.25, -0.2) is 8.42 Å². The molecule has 0 unspecified atom stereocenters. The lowest BCUT2D eigenvalue weighted by Gasteiger charge is -2.09. The molecular formula is C13H10BrN3O5S. The van der Waals surface area contributed by atoms with Gasteiger partial charge in [0.25, 0.3) is 21.6 Å². The van der Waals surface area contributed by atoms with Crippen molar-refractivity contribution in [3.8, 4) is 0 Å². The summed E-state index contributed by atoms with van der Waals surface area (Å²) in [5.74, 6) is -0.650. The highest BCUT2D eigenvalue weighted by atomic mass is 79.9. The van der Waals surface area contributed by atoms with E-state index in [1.165, 1.54) is 6.07 Å². The van der Waals surface area contributed by atoms with Crippen LogP contribution in [0.25, 0.3) is 0 Å². The first kappa shape index (κ1) is 17.1. The summed E-state index contributed by atoms with van der Waals surface area (Å²) < 4.78 is 24.6. The van der Waals surface area contributed by atoms with Crippen LogP contribution in [0.2, 0.25) is 0 Å². The smallest absolute Gasteiger partial charge is 0.269 e. The van der Waals surface area contributed by atoms with E-state index in [-0.39, 0.29) is 16.1 Å². The van der Waals surface area contributed by atoms with Crippen molar-refractivity contribution in [1.82, 2.24) is 10.3 Å². The molecule has 120 valence electrons. The summed E-state index contributed by atoms with van der Waals surface area (Å²) >= 11 is 3.18. The normalized spacial score (nSPS) is 11.0. The molecule has 1 amide bonds. The van der Waals surface area contributed by atoms with Crippen LogP contribution in [0.3, 0.4) is 0 Å². The fourth-order valence-electron chi connectivity index (χ4n) is 1.63. The molecule has 0 saturated carbocycles. The predicted molar refractivity (Wildman–Crippen MR) is 85.0 cm³/mol. The first-order valence-electron chi connectivity index (χ1n) is 6.12. The van der Waals surface area contributed by atoms with Crippen LogP contribution >= 0.6 is 15.9 Å². The molecule has 0 aromatic heterocycles. The highest BCUT2D eigenvalue weighted by Gasteiger charge is 2.18. The van der Waals surface area contributed by atoms with E-state index in [9.17, 15) is 23.3 Å². The standard InChI is InChI=1S/C13H10BrN3O5S/c14-12-4-2-1-3-11(12)13(18)15-16-23(21,22)10-7-5-9(6-8-10)17(19)20/h1-8,16H,(H,15,18). The van der Waals surface area contributed by atoms with Crippen molar-refractivity contribution in [3.63, 3.8) is 0 Å². The molecule has 10 heteroatoms. The number of carbonyl (C=O) groups excluding carboxylic acids is 1. The number of nitrogens with zero attached hydrogens (tertiary/aromatic N) is 1. The predicted octanol–water partition coefficient (Wildman–Crippen LogP) is 1.98. The maximum atomic E-state index is 12.0. The van der Waals surface area contributed by atoms with Gasteiger partial charge >= 0.3 is 0 Å². The fraction of sp³-hybridized carbons (Fsp3) is 0. The molecule has 0 aliphatic heterocycles. The molecule has 0 bridgehead atoms. The second-order valence-corrected chi connectivity index (χ2v) is 6.83. The van der Waals surface area contributed by atoms with Crippen molar-refractivity contribution >= 4 is 37.5 Å². The topological polar surface area (TPSA) is 118 Å². The number of amides is 1. The van der Waals surface area contributed by atoms with E-state index >= 15 is 0 Å². The van der Waals surface area contributed by atoms with Crippen LogP contribution in [0.4, 0.5) is 5.69 Å². The van der Waals surface area contributed by atoms with E-state index in [0.717, 1.165) is 24.3 Å². The van der Waals surface area contributed by atoms with Crippen LogP contribution in [0, 0.1) is 10.1 Å². The van der Waals surface area contributed by atoms with E-state index in [1.807, 2.05) is 4.83 Å². The third kappa shape index (κ3) is 4.12. The van der Waals surface area contributed by atoms with Gasteiger partial charge in [0.1, 0.15) is 0 Å². The van der Waals surface area contributed by atoms with Crippen molar-refractivity contribution in [2.45, 2.75) is 4.90 Å². The summed E-state index contributed by atoms with van der Waals surface area (Å²) in [5, 5.41) is 10.5. The molecule has 2 rings (SSSR count). The number of hydrazine groups is 1. The van der Waals surface area contributed by atoms with Crippen molar-refractivity contribution in [1.29, 1.82) is 0 Å². The van der Waals surface area contributed by atoms with Crippen molar-refractivity contribution in [2.75, 3.05) is 0 Å². The molecule has 0 spiro atoms. The largest absolute Gasteiger partial charge is 0.273 e. The van der Waals surface area contributed by atoms with Gasteiger partial charge in [-0.1, -0.05) is 12.1 Å². The molecule has 0 atom stereocenters. The summed E-state index contributed by atoms with van der Waals surface area (Å²) in [6.45, 7) is 0. The molecule has 0 heterocycles.